The Morgan fingerprint density at radius 1 is 1.12 bits per heavy atom. The van der Waals surface area contributed by atoms with Crippen molar-refractivity contribution in [2.24, 2.45) is 5.92 Å². The van der Waals surface area contributed by atoms with Crippen LogP contribution in [0, 0.1) is 12.8 Å². The molecule has 0 unspecified atom stereocenters. The van der Waals surface area contributed by atoms with Crippen molar-refractivity contribution >= 4 is 17.7 Å². The predicted octanol–water partition coefficient (Wildman–Crippen LogP) is 4.45. The quantitative estimate of drug-likeness (QED) is 0.752. The van der Waals surface area contributed by atoms with E-state index in [1.165, 1.54) is 36.8 Å². The van der Waals surface area contributed by atoms with Crippen molar-refractivity contribution in [3.63, 3.8) is 0 Å². The topological polar surface area (TPSA) is 34.0 Å². The fraction of sp³-hybridized carbons (Fsp3) is 0.579. The number of rotatable bonds is 5. The number of anilines is 1. The van der Waals surface area contributed by atoms with E-state index in [-0.39, 0.29) is 0 Å². The molecule has 0 radical (unpaired) electrons. The molecule has 1 saturated heterocycles. The highest BCUT2D eigenvalue weighted by atomic mass is 32.2. The van der Waals surface area contributed by atoms with E-state index in [1.807, 2.05) is 11.8 Å². The summed E-state index contributed by atoms with van der Waals surface area (Å²) in [5, 5.41) is 10.2. The van der Waals surface area contributed by atoms with Gasteiger partial charge in [-0.25, -0.2) is 0 Å². The minimum absolute atomic E-state index is 0.620. The Morgan fingerprint density at radius 2 is 1.92 bits per heavy atom. The molecule has 0 atom stereocenters. The van der Waals surface area contributed by atoms with E-state index in [0.29, 0.717) is 6.04 Å². The second kappa shape index (κ2) is 6.79. The maximum absolute atomic E-state index is 4.57. The molecule has 0 N–H and O–H groups in total. The van der Waals surface area contributed by atoms with E-state index in [9.17, 15) is 0 Å². The molecule has 1 aliphatic carbocycles. The van der Waals surface area contributed by atoms with Gasteiger partial charge in [-0.15, -0.1) is 10.2 Å². The second-order valence-electron chi connectivity index (χ2n) is 7.33. The van der Waals surface area contributed by atoms with Crippen molar-refractivity contribution < 1.29 is 0 Å². The second-order valence-corrected chi connectivity index (χ2v) is 8.27. The van der Waals surface area contributed by atoms with Crippen LogP contribution < -0.4 is 4.90 Å². The zero-order valence-electron chi connectivity index (χ0n) is 14.6. The van der Waals surface area contributed by atoms with Crippen molar-refractivity contribution in [2.45, 2.75) is 56.5 Å². The van der Waals surface area contributed by atoms with Gasteiger partial charge in [0, 0.05) is 24.9 Å². The van der Waals surface area contributed by atoms with E-state index >= 15 is 0 Å². The molecule has 1 aromatic carbocycles. The van der Waals surface area contributed by atoms with Crippen LogP contribution in [0.2, 0.25) is 0 Å². The highest BCUT2D eigenvalue weighted by Gasteiger charge is 2.32. The minimum Gasteiger partial charge on any atom is -0.341 e. The third-order valence-electron chi connectivity index (χ3n) is 5.08. The summed E-state index contributed by atoms with van der Waals surface area (Å²) in [6.07, 6.45) is 5.08. The van der Waals surface area contributed by atoms with Gasteiger partial charge in [0.15, 0.2) is 5.16 Å². The lowest BCUT2D eigenvalue weighted by Crippen LogP contribution is -2.34. The first-order valence-corrected chi connectivity index (χ1v) is 10.1. The normalized spacial score (nSPS) is 19.0. The first-order chi connectivity index (χ1) is 11.7. The Kier molecular flexibility index (Phi) is 4.53. The lowest BCUT2D eigenvalue weighted by Gasteiger charge is -2.31. The van der Waals surface area contributed by atoms with E-state index in [1.54, 1.807) is 0 Å². The number of aromatic nitrogens is 3. The van der Waals surface area contributed by atoms with Crippen molar-refractivity contribution in [2.75, 3.05) is 18.0 Å². The fourth-order valence-corrected chi connectivity index (χ4v) is 4.34. The summed E-state index contributed by atoms with van der Waals surface area (Å²) >= 11 is 1.83. The minimum atomic E-state index is 0.620. The molecule has 128 valence electrons. The van der Waals surface area contributed by atoms with E-state index in [2.05, 4.69) is 57.8 Å². The van der Waals surface area contributed by atoms with E-state index in [4.69, 9.17) is 0 Å². The van der Waals surface area contributed by atoms with Crippen LogP contribution in [-0.4, -0.2) is 27.9 Å². The lowest BCUT2D eigenvalue weighted by molar-refractivity contribution is 0.429. The summed E-state index contributed by atoms with van der Waals surface area (Å²) in [6.45, 7) is 6.74. The highest BCUT2D eigenvalue weighted by molar-refractivity contribution is 7.98. The number of nitrogens with zero attached hydrogens (tertiary/aromatic N) is 4. The van der Waals surface area contributed by atoms with Crippen molar-refractivity contribution in [3.05, 3.63) is 35.4 Å². The maximum atomic E-state index is 4.57. The summed E-state index contributed by atoms with van der Waals surface area (Å²) < 4.78 is 2.41. The van der Waals surface area contributed by atoms with Gasteiger partial charge in [-0.1, -0.05) is 48.5 Å². The molecule has 2 aliphatic rings. The third kappa shape index (κ3) is 3.46. The summed E-state index contributed by atoms with van der Waals surface area (Å²) in [6, 6.07) is 9.37. The van der Waals surface area contributed by atoms with Gasteiger partial charge in [0.25, 0.3) is 0 Å². The molecule has 1 saturated carbocycles. The molecule has 4 rings (SSSR count). The Balaban J connectivity index is 1.51. The van der Waals surface area contributed by atoms with Gasteiger partial charge in [-0.2, -0.15) is 0 Å². The Morgan fingerprint density at radius 3 is 2.62 bits per heavy atom. The number of benzene rings is 1. The molecule has 0 amide bonds. The van der Waals surface area contributed by atoms with Gasteiger partial charge in [0.05, 0.1) is 0 Å². The van der Waals surface area contributed by atoms with E-state index < -0.39 is 0 Å². The number of hydrogen-bond donors (Lipinski definition) is 0. The molecule has 4 nitrogen and oxygen atoms in total. The van der Waals surface area contributed by atoms with Crippen molar-refractivity contribution in [1.82, 2.24) is 14.8 Å². The Hall–Kier alpha value is -1.49. The monoisotopic (exact) mass is 342 g/mol. The smallest absolute Gasteiger partial charge is 0.228 e. The zero-order chi connectivity index (χ0) is 16.5. The highest BCUT2D eigenvalue weighted by Crippen LogP contribution is 2.41. The number of hydrogen-bond acceptors (Lipinski definition) is 4. The molecule has 0 bridgehead atoms. The first-order valence-electron chi connectivity index (χ1n) is 9.09. The number of aryl methyl sites for hydroxylation is 1. The van der Waals surface area contributed by atoms with Gasteiger partial charge in [0.1, 0.15) is 0 Å². The number of piperidine rings is 1. The lowest BCUT2D eigenvalue weighted by atomic mass is 10.00. The zero-order valence-corrected chi connectivity index (χ0v) is 15.4. The molecule has 24 heavy (non-hydrogen) atoms. The summed E-state index contributed by atoms with van der Waals surface area (Å²) in [4.78, 5) is 2.45. The largest absolute Gasteiger partial charge is 0.341 e. The third-order valence-corrected chi connectivity index (χ3v) is 6.09. The van der Waals surface area contributed by atoms with Crippen molar-refractivity contribution in [1.29, 1.82) is 0 Å². The average Bonchev–Trinajstić information content (AvgIpc) is 3.33. The van der Waals surface area contributed by atoms with Crippen LogP contribution in [0.25, 0.3) is 0 Å². The molecule has 1 aliphatic heterocycles. The van der Waals surface area contributed by atoms with Gasteiger partial charge in [0.2, 0.25) is 5.95 Å². The van der Waals surface area contributed by atoms with Gasteiger partial charge >= 0.3 is 0 Å². The molecule has 5 heteroatoms. The maximum Gasteiger partial charge on any atom is 0.228 e. The van der Waals surface area contributed by atoms with Crippen LogP contribution in [0.4, 0.5) is 5.95 Å². The Bertz CT molecular complexity index is 699. The average molecular weight is 343 g/mol. The van der Waals surface area contributed by atoms with Crippen LogP contribution in [0.1, 0.15) is 49.8 Å². The predicted molar refractivity (Wildman–Crippen MR) is 99.6 cm³/mol. The van der Waals surface area contributed by atoms with Crippen LogP contribution in [0.15, 0.2) is 29.4 Å². The fourth-order valence-electron chi connectivity index (χ4n) is 3.39. The standard InChI is InChI=1S/C19H26N4S/c1-14-8-10-22(11-9-14)18-20-21-19(23(18)17-6-7-17)24-13-16-5-3-4-15(2)12-16/h3-5,12,14,17H,6-11,13H2,1-2H3. The molecular formula is C19H26N4S. The molecule has 2 aromatic rings. The molecule has 1 aromatic heterocycles. The van der Waals surface area contributed by atoms with Gasteiger partial charge in [-0.3, -0.25) is 4.57 Å². The van der Waals surface area contributed by atoms with Crippen molar-refractivity contribution in [3.8, 4) is 0 Å². The molecular weight excluding hydrogens is 316 g/mol. The molecule has 0 spiro atoms. The number of thioether (sulfide) groups is 1. The summed E-state index contributed by atoms with van der Waals surface area (Å²) in [5.41, 5.74) is 2.68. The van der Waals surface area contributed by atoms with Crippen LogP contribution in [0.3, 0.4) is 0 Å². The first kappa shape index (κ1) is 16.0. The van der Waals surface area contributed by atoms with Crippen LogP contribution in [-0.2, 0) is 5.75 Å². The summed E-state index contributed by atoms with van der Waals surface area (Å²) in [7, 11) is 0. The molecule has 2 fully saturated rings. The van der Waals surface area contributed by atoms with Crippen LogP contribution >= 0.6 is 11.8 Å². The summed E-state index contributed by atoms with van der Waals surface area (Å²) in [5.74, 6) is 2.91. The van der Waals surface area contributed by atoms with E-state index in [0.717, 1.165) is 35.9 Å². The SMILES string of the molecule is Cc1cccc(CSc2nnc(N3CCC(C)CC3)n2C2CC2)c1. The molecule has 2 heterocycles. The van der Waals surface area contributed by atoms with Gasteiger partial charge in [-0.05, 0) is 44.1 Å². The van der Waals surface area contributed by atoms with Crippen LogP contribution in [0.5, 0.6) is 0 Å². The van der Waals surface area contributed by atoms with Gasteiger partial charge < -0.3 is 4.90 Å². The Labute approximate surface area is 148 Å².